The smallest absolute Gasteiger partial charge is 0.253 e. The highest BCUT2D eigenvalue weighted by molar-refractivity contribution is 6.18. The third kappa shape index (κ3) is 5.85. The Morgan fingerprint density at radius 1 is 1.18 bits per heavy atom. The van der Waals surface area contributed by atoms with Crippen molar-refractivity contribution in [3.05, 3.63) is 23.8 Å². The molecule has 2 heterocycles. The topological polar surface area (TPSA) is 70.7 Å². The largest absolute Gasteiger partial charge is 0.376 e. The number of carbonyl (C=O) groups excluding carboxylic acids is 2. The Morgan fingerprint density at radius 2 is 2.00 bits per heavy atom. The maximum atomic E-state index is 13.0. The molecule has 0 radical (unpaired) electrons. The molecule has 2 aliphatic heterocycles. The second-order valence-corrected chi connectivity index (χ2v) is 7.84. The molecule has 1 unspecified atom stereocenters. The highest BCUT2D eigenvalue weighted by Gasteiger charge is 2.21. The van der Waals surface area contributed by atoms with Crippen molar-refractivity contribution in [2.24, 2.45) is 0 Å². The molecule has 2 N–H and O–H groups in total. The predicted molar refractivity (Wildman–Crippen MR) is 112 cm³/mol. The van der Waals surface area contributed by atoms with Crippen LogP contribution in [0.4, 0.5) is 11.4 Å². The molecule has 2 fully saturated rings. The van der Waals surface area contributed by atoms with Crippen molar-refractivity contribution in [2.45, 2.75) is 51.0 Å². The van der Waals surface area contributed by atoms with Crippen molar-refractivity contribution < 1.29 is 14.3 Å². The molecule has 1 aromatic rings. The molecule has 2 aliphatic rings. The minimum atomic E-state index is -0.118. The Bertz CT molecular complexity index is 671. The van der Waals surface area contributed by atoms with Gasteiger partial charge < -0.3 is 20.3 Å². The Labute approximate surface area is 171 Å². The molecule has 3 rings (SSSR count). The van der Waals surface area contributed by atoms with Crippen LogP contribution >= 0.6 is 11.6 Å². The number of nitrogens with zero attached hydrogens (tertiary/aromatic N) is 1. The fourth-order valence-corrected chi connectivity index (χ4v) is 3.90. The first-order chi connectivity index (χ1) is 13.7. The van der Waals surface area contributed by atoms with Crippen LogP contribution < -0.4 is 15.5 Å². The molecule has 7 heteroatoms. The molecule has 1 atom stereocenters. The van der Waals surface area contributed by atoms with Gasteiger partial charge in [-0.15, -0.1) is 11.6 Å². The van der Waals surface area contributed by atoms with Crippen LogP contribution in [0.5, 0.6) is 0 Å². The molecule has 0 aliphatic carbocycles. The summed E-state index contributed by atoms with van der Waals surface area (Å²) < 4.78 is 5.61. The lowest BCUT2D eigenvalue weighted by Crippen LogP contribution is -2.35. The Balaban J connectivity index is 1.74. The third-order valence-electron chi connectivity index (χ3n) is 5.27. The van der Waals surface area contributed by atoms with Crippen LogP contribution in [-0.2, 0) is 9.53 Å². The number of hydrogen-bond donors (Lipinski definition) is 2. The summed E-state index contributed by atoms with van der Waals surface area (Å²) in [6.45, 7) is 3.19. The minimum absolute atomic E-state index is 0.0860. The highest BCUT2D eigenvalue weighted by Crippen LogP contribution is 2.27. The quantitative estimate of drug-likeness (QED) is 0.646. The van der Waals surface area contributed by atoms with E-state index in [2.05, 4.69) is 15.5 Å². The standard InChI is InChI=1S/C21H30ClN3O3/c22-10-4-7-20(26)24-16-8-9-19(25-11-2-1-3-12-25)18(14-16)21(27)23-15-17-6-5-13-28-17/h8-9,14,17H,1-7,10-13,15H2,(H,23,27)(H,24,26). The highest BCUT2D eigenvalue weighted by atomic mass is 35.5. The molecule has 0 spiro atoms. The van der Waals surface area contributed by atoms with E-state index in [9.17, 15) is 9.59 Å². The van der Waals surface area contributed by atoms with Crippen LogP contribution in [0.15, 0.2) is 18.2 Å². The van der Waals surface area contributed by atoms with Gasteiger partial charge in [-0.05, 0) is 56.7 Å². The van der Waals surface area contributed by atoms with E-state index in [1.54, 1.807) is 6.07 Å². The van der Waals surface area contributed by atoms with Gasteiger partial charge in [-0.2, -0.15) is 0 Å². The number of nitrogens with one attached hydrogen (secondary N) is 2. The first kappa shape index (κ1) is 20.9. The van der Waals surface area contributed by atoms with Gasteiger partial charge >= 0.3 is 0 Å². The van der Waals surface area contributed by atoms with Gasteiger partial charge in [0, 0.05) is 49.9 Å². The SMILES string of the molecule is O=C(CCCCl)Nc1ccc(N2CCCCC2)c(C(=O)NCC2CCCO2)c1. The number of piperidine rings is 1. The van der Waals surface area contributed by atoms with Gasteiger partial charge in [-0.25, -0.2) is 0 Å². The zero-order chi connectivity index (χ0) is 19.8. The van der Waals surface area contributed by atoms with Gasteiger partial charge in [0.15, 0.2) is 0 Å². The Kier molecular flexibility index (Phi) is 7.98. The summed E-state index contributed by atoms with van der Waals surface area (Å²) in [6, 6.07) is 5.61. The van der Waals surface area contributed by atoms with E-state index in [4.69, 9.17) is 16.3 Å². The fourth-order valence-electron chi connectivity index (χ4n) is 3.76. The molecule has 0 aromatic heterocycles. The Morgan fingerprint density at radius 3 is 2.71 bits per heavy atom. The summed E-state index contributed by atoms with van der Waals surface area (Å²) in [5.74, 6) is 0.253. The molecule has 6 nitrogen and oxygen atoms in total. The van der Waals surface area contributed by atoms with Crippen molar-refractivity contribution in [2.75, 3.05) is 42.3 Å². The van der Waals surface area contributed by atoms with E-state index in [1.165, 1.54) is 6.42 Å². The first-order valence-electron chi connectivity index (χ1n) is 10.3. The second kappa shape index (κ2) is 10.7. The van der Waals surface area contributed by atoms with Gasteiger partial charge in [0.2, 0.25) is 5.91 Å². The average molecular weight is 408 g/mol. The molecule has 2 saturated heterocycles. The van der Waals surface area contributed by atoms with E-state index < -0.39 is 0 Å². The molecule has 1 aromatic carbocycles. The summed E-state index contributed by atoms with van der Waals surface area (Å²) in [7, 11) is 0. The van der Waals surface area contributed by atoms with Gasteiger partial charge in [-0.3, -0.25) is 9.59 Å². The number of halogens is 1. The number of amides is 2. The number of benzene rings is 1. The molecule has 28 heavy (non-hydrogen) atoms. The van der Waals surface area contributed by atoms with Crippen molar-refractivity contribution in [1.82, 2.24) is 5.32 Å². The molecular weight excluding hydrogens is 378 g/mol. The first-order valence-corrected chi connectivity index (χ1v) is 10.9. The van der Waals surface area contributed by atoms with Gasteiger partial charge in [0.25, 0.3) is 5.91 Å². The van der Waals surface area contributed by atoms with Crippen LogP contribution in [-0.4, -0.2) is 50.0 Å². The van der Waals surface area contributed by atoms with Crippen molar-refractivity contribution in [3.63, 3.8) is 0 Å². The molecular formula is C21H30ClN3O3. The lowest BCUT2D eigenvalue weighted by molar-refractivity contribution is -0.116. The lowest BCUT2D eigenvalue weighted by Gasteiger charge is -2.30. The lowest BCUT2D eigenvalue weighted by atomic mass is 10.1. The normalized spacial score (nSPS) is 19.5. The van der Waals surface area contributed by atoms with Crippen LogP contribution in [0.2, 0.25) is 0 Å². The van der Waals surface area contributed by atoms with Gasteiger partial charge in [0.05, 0.1) is 11.7 Å². The zero-order valence-corrected chi connectivity index (χ0v) is 17.1. The monoisotopic (exact) mass is 407 g/mol. The number of ether oxygens (including phenoxy) is 1. The van der Waals surface area contributed by atoms with Crippen LogP contribution in [0.1, 0.15) is 55.3 Å². The van der Waals surface area contributed by atoms with Crippen LogP contribution in [0.3, 0.4) is 0 Å². The average Bonchev–Trinajstić information content (AvgIpc) is 3.25. The number of carbonyl (C=O) groups is 2. The summed E-state index contributed by atoms with van der Waals surface area (Å²) in [5.41, 5.74) is 2.18. The number of anilines is 2. The predicted octanol–water partition coefficient (Wildman–Crippen LogP) is 3.54. The zero-order valence-electron chi connectivity index (χ0n) is 16.3. The third-order valence-corrected chi connectivity index (χ3v) is 5.54. The number of rotatable bonds is 8. The minimum Gasteiger partial charge on any atom is -0.376 e. The van der Waals surface area contributed by atoms with E-state index >= 15 is 0 Å². The van der Waals surface area contributed by atoms with Crippen LogP contribution in [0.25, 0.3) is 0 Å². The van der Waals surface area contributed by atoms with E-state index in [-0.39, 0.29) is 17.9 Å². The molecule has 0 saturated carbocycles. The van der Waals surface area contributed by atoms with Gasteiger partial charge in [-0.1, -0.05) is 0 Å². The van der Waals surface area contributed by atoms with Crippen molar-refractivity contribution >= 4 is 34.8 Å². The summed E-state index contributed by atoms with van der Waals surface area (Å²) in [4.78, 5) is 27.3. The molecule has 0 bridgehead atoms. The van der Waals surface area contributed by atoms with Crippen molar-refractivity contribution in [3.8, 4) is 0 Å². The molecule has 154 valence electrons. The number of alkyl halides is 1. The van der Waals surface area contributed by atoms with E-state index in [0.29, 0.717) is 36.5 Å². The number of hydrogen-bond acceptors (Lipinski definition) is 4. The van der Waals surface area contributed by atoms with E-state index in [1.807, 2.05) is 12.1 Å². The summed E-state index contributed by atoms with van der Waals surface area (Å²) >= 11 is 5.66. The van der Waals surface area contributed by atoms with Crippen LogP contribution in [0, 0.1) is 0 Å². The fraction of sp³-hybridized carbons (Fsp3) is 0.619. The summed E-state index contributed by atoms with van der Waals surface area (Å²) in [6.07, 6.45) is 6.62. The maximum Gasteiger partial charge on any atom is 0.253 e. The maximum absolute atomic E-state index is 13.0. The van der Waals surface area contributed by atoms with Gasteiger partial charge in [0.1, 0.15) is 0 Å². The van der Waals surface area contributed by atoms with E-state index in [0.717, 1.165) is 51.1 Å². The second-order valence-electron chi connectivity index (χ2n) is 7.47. The molecule has 2 amide bonds. The summed E-state index contributed by atoms with van der Waals surface area (Å²) in [5, 5.41) is 5.89. The Hall–Kier alpha value is -1.79. The van der Waals surface area contributed by atoms with Crippen molar-refractivity contribution in [1.29, 1.82) is 0 Å².